The van der Waals surface area contributed by atoms with Gasteiger partial charge in [-0.25, -0.2) is 4.79 Å². The van der Waals surface area contributed by atoms with Crippen LogP contribution in [0.3, 0.4) is 0 Å². The Morgan fingerprint density at radius 2 is 1.26 bits per heavy atom. The number of ether oxygens (including phenoxy) is 1. The lowest BCUT2D eigenvalue weighted by Crippen LogP contribution is -2.43. The molecule has 0 aliphatic carbocycles. The first kappa shape index (κ1) is 24.7. The van der Waals surface area contributed by atoms with Crippen LogP contribution < -0.4 is 10.6 Å². The summed E-state index contributed by atoms with van der Waals surface area (Å²) < 4.78 is 4.87. The fourth-order valence-corrected chi connectivity index (χ4v) is 3.67. The van der Waals surface area contributed by atoms with Crippen LogP contribution in [0.25, 0.3) is 11.1 Å². The summed E-state index contributed by atoms with van der Waals surface area (Å²) in [6.07, 6.45) is 0.307. The minimum atomic E-state index is -0.827. The molecule has 2 N–H and O–H groups in total. The van der Waals surface area contributed by atoms with Gasteiger partial charge in [-0.05, 0) is 29.2 Å². The lowest BCUT2D eigenvalue weighted by Gasteiger charge is -2.17. The molecule has 3 aromatic rings. The van der Waals surface area contributed by atoms with Gasteiger partial charge in [-0.1, -0.05) is 84.9 Å². The summed E-state index contributed by atoms with van der Waals surface area (Å²) in [5, 5.41) is 5.60. The standard InChI is InChI=1S/C28H30N2O4/c1-20(22-9-5-3-6-10-22)29-26(31)17-18-27(32)30-25(28(33)34-2)19-21-13-15-24(16-14-21)23-11-7-4-8-12-23/h3-16,20,25H,17-19H2,1-2H3,(H,29,31)(H,30,32)/t20-,25+/m1/s1. The third kappa shape index (κ3) is 7.30. The second kappa shape index (κ2) is 12.3. The Morgan fingerprint density at radius 1 is 0.735 bits per heavy atom. The minimum Gasteiger partial charge on any atom is -0.467 e. The fourth-order valence-electron chi connectivity index (χ4n) is 3.67. The first-order valence-electron chi connectivity index (χ1n) is 11.3. The van der Waals surface area contributed by atoms with Crippen molar-refractivity contribution in [3.05, 3.63) is 96.1 Å². The van der Waals surface area contributed by atoms with Gasteiger partial charge in [-0.2, -0.15) is 0 Å². The van der Waals surface area contributed by atoms with Crippen molar-refractivity contribution in [3.8, 4) is 11.1 Å². The number of rotatable bonds is 10. The molecule has 0 bridgehead atoms. The SMILES string of the molecule is COC(=O)[C@H](Cc1ccc(-c2ccccc2)cc1)NC(=O)CCC(=O)N[C@H](C)c1ccccc1. The Balaban J connectivity index is 1.52. The van der Waals surface area contributed by atoms with E-state index in [1.807, 2.05) is 91.9 Å². The molecule has 2 amide bonds. The molecular formula is C28H30N2O4. The van der Waals surface area contributed by atoms with Crippen molar-refractivity contribution in [1.82, 2.24) is 10.6 Å². The van der Waals surface area contributed by atoms with Crippen molar-refractivity contribution in [2.45, 2.75) is 38.3 Å². The second-order valence-electron chi connectivity index (χ2n) is 8.11. The zero-order valence-corrected chi connectivity index (χ0v) is 19.5. The molecule has 3 rings (SSSR count). The van der Waals surface area contributed by atoms with Crippen LogP contribution in [0.1, 0.15) is 36.9 Å². The van der Waals surface area contributed by atoms with Gasteiger partial charge in [-0.3, -0.25) is 9.59 Å². The molecule has 34 heavy (non-hydrogen) atoms. The Labute approximate surface area is 200 Å². The summed E-state index contributed by atoms with van der Waals surface area (Å²) in [5.74, 6) is -1.13. The van der Waals surface area contributed by atoms with Crippen LogP contribution in [-0.2, 0) is 25.5 Å². The van der Waals surface area contributed by atoms with E-state index < -0.39 is 12.0 Å². The Morgan fingerprint density at radius 3 is 1.85 bits per heavy atom. The number of carbonyl (C=O) groups excluding carboxylic acids is 3. The Bertz CT molecular complexity index is 1080. The van der Waals surface area contributed by atoms with Crippen LogP contribution in [0.2, 0.25) is 0 Å². The summed E-state index contributed by atoms with van der Waals surface area (Å²) in [6.45, 7) is 1.89. The van der Waals surface area contributed by atoms with Crippen molar-refractivity contribution in [2.75, 3.05) is 7.11 Å². The number of hydrogen-bond acceptors (Lipinski definition) is 4. The highest BCUT2D eigenvalue weighted by Gasteiger charge is 2.22. The third-order valence-corrected chi connectivity index (χ3v) is 5.58. The van der Waals surface area contributed by atoms with Crippen LogP contribution >= 0.6 is 0 Å². The van der Waals surface area contributed by atoms with Crippen LogP contribution in [0.5, 0.6) is 0 Å². The molecule has 0 unspecified atom stereocenters. The average molecular weight is 459 g/mol. The van der Waals surface area contributed by atoms with E-state index in [-0.39, 0.29) is 30.7 Å². The number of benzene rings is 3. The molecule has 176 valence electrons. The number of nitrogens with one attached hydrogen (secondary N) is 2. The highest BCUT2D eigenvalue weighted by Crippen LogP contribution is 2.20. The van der Waals surface area contributed by atoms with Gasteiger partial charge < -0.3 is 15.4 Å². The summed E-state index contributed by atoms with van der Waals surface area (Å²) in [5.41, 5.74) is 4.06. The molecule has 0 fully saturated rings. The lowest BCUT2D eigenvalue weighted by molar-refractivity contribution is -0.145. The Hall–Kier alpha value is -3.93. The van der Waals surface area contributed by atoms with Crippen LogP contribution in [0, 0.1) is 0 Å². The van der Waals surface area contributed by atoms with Gasteiger partial charge >= 0.3 is 5.97 Å². The predicted molar refractivity (Wildman–Crippen MR) is 132 cm³/mol. The molecular weight excluding hydrogens is 428 g/mol. The normalized spacial score (nSPS) is 12.3. The molecule has 6 nitrogen and oxygen atoms in total. The van der Waals surface area contributed by atoms with E-state index in [0.717, 1.165) is 22.3 Å². The highest BCUT2D eigenvalue weighted by molar-refractivity contribution is 5.87. The van der Waals surface area contributed by atoms with Crippen LogP contribution in [0.4, 0.5) is 0 Å². The average Bonchev–Trinajstić information content (AvgIpc) is 2.88. The number of esters is 1. The van der Waals surface area contributed by atoms with Crippen molar-refractivity contribution in [1.29, 1.82) is 0 Å². The molecule has 0 spiro atoms. The highest BCUT2D eigenvalue weighted by atomic mass is 16.5. The van der Waals surface area contributed by atoms with Gasteiger partial charge in [0, 0.05) is 19.3 Å². The van der Waals surface area contributed by atoms with Gasteiger partial charge in [0.25, 0.3) is 0 Å². The van der Waals surface area contributed by atoms with E-state index >= 15 is 0 Å². The lowest BCUT2D eigenvalue weighted by atomic mass is 10.0. The largest absolute Gasteiger partial charge is 0.467 e. The van der Waals surface area contributed by atoms with Crippen molar-refractivity contribution < 1.29 is 19.1 Å². The summed E-state index contributed by atoms with van der Waals surface area (Å²) in [4.78, 5) is 37.0. The number of carbonyl (C=O) groups is 3. The van der Waals surface area contributed by atoms with E-state index in [0.29, 0.717) is 6.42 Å². The van der Waals surface area contributed by atoms with E-state index in [1.54, 1.807) is 0 Å². The van der Waals surface area contributed by atoms with Gasteiger partial charge in [-0.15, -0.1) is 0 Å². The maximum absolute atomic E-state index is 12.5. The van der Waals surface area contributed by atoms with E-state index in [4.69, 9.17) is 4.74 Å². The number of amides is 2. The molecule has 0 heterocycles. The predicted octanol–water partition coefficient (Wildman–Crippen LogP) is 4.21. The minimum absolute atomic E-state index is 0.0201. The summed E-state index contributed by atoms with van der Waals surface area (Å²) >= 11 is 0. The van der Waals surface area contributed by atoms with Gasteiger partial charge in [0.1, 0.15) is 6.04 Å². The van der Waals surface area contributed by atoms with Crippen LogP contribution in [0.15, 0.2) is 84.9 Å². The summed E-state index contributed by atoms with van der Waals surface area (Å²) in [6, 6.07) is 26.5. The molecule has 2 atom stereocenters. The first-order valence-corrected chi connectivity index (χ1v) is 11.3. The molecule has 3 aromatic carbocycles. The van der Waals surface area contributed by atoms with Crippen LogP contribution in [-0.4, -0.2) is 30.9 Å². The molecule has 0 aliphatic rings. The van der Waals surface area contributed by atoms with Crippen molar-refractivity contribution in [3.63, 3.8) is 0 Å². The molecule has 6 heteroatoms. The second-order valence-corrected chi connectivity index (χ2v) is 8.11. The quantitative estimate of drug-likeness (QED) is 0.446. The van der Waals surface area contributed by atoms with Gasteiger partial charge in [0.05, 0.1) is 13.2 Å². The first-order chi connectivity index (χ1) is 16.5. The zero-order chi connectivity index (χ0) is 24.3. The van der Waals surface area contributed by atoms with Crippen molar-refractivity contribution in [2.24, 2.45) is 0 Å². The smallest absolute Gasteiger partial charge is 0.328 e. The van der Waals surface area contributed by atoms with E-state index in [1.165, 1.54) is 7.11 Å². The molecule has 0 radical (unpaired) electrons. The molecule has 0 saturated carbocycles. The monoisotopic (exact) mass is 458 g/mol. The maximum atomic E-state index is 12.5. The zero-order valence-electron chi connectivity index (χ0n) is 19.5. The fraction of sp³-hybridized carbons (Fsp3) is 0.250. The van der Waals surface area contributed by atoms with Gasteiger partial charge in [0.15, 0.2) is 0 Å². The number of methoxy groups -OCH3 is 1. The topological polar surface area (TPSA) is 84.5 Å². The third-order valence-electron chi connectivity index (χ3n) is 5.58. The molecule has 0 aliphatic heterocycles. The van der Waals surface area contributed by atoms with Gasteiger partial charge in [0.2, 0.25) is 11.8 Å². The summed E-state index contributed by atoms with van der Waals surface area (Å²) in [7, 11) is 1.29. The van der Waals surface area contributed by atoms with E-state index in [9.17, 15) is 14.4 Å². The van der Waals surface area contributed by atoms with E-state index in [2.05, 4.69) is 10.6 Å². The molecule has 0 aromatic heterocycles. The maximum Gasteiger partial charge on any atom is 0.328 e. The molecule has 0 saturated heterocycles. The van der Waals surface area contributed by atoms with Crippen molar-refractivity contribution >= 4 is 17.8 Å². The Kier molecular flexibility index (Phi) is 8.97. The number of hydrogen-bond donors (Lipinski definition) is 2.